The summed E-state index contributed by atoms with van der Waals surface area (Å²) in [6, 6.07) is 15.9. The number of primary amides is 1. The summed E-state index contributed by atoms with van der Waals surface area (Å²) in [6.45, 7) is -0.0810. The summed E-state index contributed by atoms with van der Waals surface area (Å²) >= 11 is 0. The summed E-state index contributed by atoms with van der Waals surface area (Å²) in [5.41, 5.74) is 5.80. The van der Waals surface area contributed by atoms with Gasteiger partial charge < -0.3 is 10.8 Å². The van der Waals surface area contributed by atoms with Crippen molar-refractivity contribution in [2.45, 2.75) is 11.6 Å². The molecule has 0 saturated carbocycles. The van der Waals surface area contributed by atoms with E-state index in [0.717, 1.165) is 5.56 Å². The summed E-state index contributed by atoms with van der Waals surface area (Å²) in [5.74, 6) is -0.509. The molecule has 1 atom stereocenters. The molecule has 4 N–H and O–H groups in total. The zero-order chi connectivity index (χ0) is 18.4. The van der Waals surface area contributed by atoms with E-state index in [1.165, 1.54) is 0 Å². The molecule has 132 valence electrons. The number of carbonyl (C=O) groups excluding carboxylic acids is 1. The average molecular weight is 348 g/mol. The monoisotopic (exact) mass is 348 g/mol. The SMILES string of the molecule is NC(=O)CNC(c1ccccc1)C(O)(c1cccnc1)c1cccnc1. The maximum Gasteiger partial charge on any atom is 0.231 e. The number of hydrogen-bond donors (Lipinski definition) is 3. The molecule has 26 heavy (non-hydrogen) atoms. The Morgan fingerprint density at radius 1 is 1.00 bits per heavy atom. The number of nitrogens with one attached hydrogen (secondary N) is 1. The highest BCUT2D eigenvalue weighted by molar-refractivity contribution is 5.76. The fourth-order valence-corrected chi connectivity index (χ4v) is 3.03. The van der Waals surface area contributed by atoms with E-state index >= 15 is 0 Å². The van der Waals surface area contributed by atoms with Crippen molar-refractivity contribution in [2.24, 2.45) is 5.73 Å². The molecule has 0 aliphatic rings. The van der Waals surface area contributed by atoms with Crippen molar-refractivity contribution in [2.75, 3.05) is 6.54 Å². The normalized spacial score (nSPS) is 12.5. The lowest BCUT2D eigenvalue weighted by atomic mass is 9.78. The fraction of sp³-hybridized carbons (Fsp3) is 0.150. The number of pyridine rings is 2. The second-order valence-corrected chi connectivity index (χ2v) is 5.94. The molecule has 0 radical (unpaired) electrons. The first-order valence-electron chi connectivity index (χ1n) is 8.22. The third-order valence-corrected chi connectivity index (χ3v) is 4.23. The maximum atomic E-state index is 11.9. The van der Waals surface area contributed by atoms with Gasteiger partial charge in [-0.25, -0.2) is 0 Å². The molecule has 0 spiro atoms. The number of benzene rings is 1. The molecule has 6 heteroatoms. The number of aromatic nitrogens is 2. The van der Waals surface area contributed by atoms with Gasteiger partial charge in [0.25, 0.3) is 0 Å². The zero-order valence-electron chi connectivity index (χ0n) is 14.1. The third-order valence-electron chi connectivity index (χ3n) is 4.23. The van der Waals surface area contributed by atoms with Gasteiger partial charge in [0.15, 0.2) is 0 Å². The van der Waals surface area contributed by atoms with E-state index in [4.69, 9.17) is 5.73 Å². The van der Waals surface area contributed by atoms with Gasteiger partial charge in [0.1, 0.15) is 5.60 Å². The Morgan fingerprint density at radius 3 is 2.04 bits per heavy atom. The van der Waals surface area contributed by atoms with Crippen molar-refractivity contribution in [1.29, 1.82) is 0 Å². The molecule has 6 nitrogen and oxygen atoms in total. The van der Waals surface area contributed by atoms with E-state index in [2.05, 4.69) is 15.3 Å². The Bertz CT molecular complexity index is 802. The van der Waals surface area contributed by atoms with Crippen LogP contribution in [0.2, 0.25) is 0 Å². The van der Waals surface area contributed by atoms with Crippen LogP contribution in [0, 0.1) is 0 Å². The molecule has 3 rings (SSSR count). The van der Waals surface area contributed by atoms with Gasteiger partial charge in [-0.2, -0.15) is 0 Å². The van der Waals surface area contributed by atoms with E-state index in [1.54, 1.807) is 49.1 Å². The van der Waals surface area contributed by atoms with E-state index in [-0.39, 0.29) is 6.54 Å². The van der Waals surface area contributed by atoms with Gasteiger partial charge in [-0.05, 0) is 17.7 Å². The minimum atomic E-state index is -1.50. The Labute approximate surface area is 151 Å². The summed E-state index contributed by atoms with van der Waals surface area (Å²) in [6.07, 6.45) is 6.49. The number of carbonyl (C=O) groups is 1. The first-order valence-corrected chi connectivity index (χ1v) is 8.22. The quantitative estimate of drug-likeness (QED) is 0.601. The molecule has 0 aliphatic heterocycles. The third kappa shape index (κ3) is 3.61. The number of hydrogen-bond acceptors (Lipinski definition) is 5. The largest absolute Gasteiger partial charge is 0.378 e. The summed E-state index contributed by atoms with van der Waals surface area (Å²) < 4.78 is 0. The Hall–Kier alpha value is -3.09. The Kier molecular flexibility index (Phi) is 5.36. The van der Waals surface area contributed by atoms with Crippen molar-refractivity contribution in [1.82, 2.24) is 15.3 Å². The summed E-state index contributed by atoms with van der Waals surface area (Å²) in [7, 11) is 0. The molecular weight excluding hydrogens is 328 g/mol. The summed E-state index contributed by atoms with van der Waals surface area (Å²) in [5, 5.41) is 15.0. The molecule has 0 aliphatic carbocycles. The van der Waals surface area contributed by atoms with Crippen LogP contribution in [0.1, 0.15) is 22.7 Å². The molecule has 0 bridgehead atoms. The molecule has 2 aromatic heterocycles. The topological polar surface area (TPSA) is 101 Å². The predicted molar refractivity (Wildman–Crippen MR) is 97.9 cm³/mol. The zero-order valence-corrected chi connectivity index (χ0v) is 14.1. The molecule has 0 saturated heterocycles. The van der Waals surface area contributed by atoms with Crippen molar-refractivity contribution in [3.63, 3.8) is 0 Å². The standard InChI is InChI=1S/C20H20N4O2/c21-18(25)14-24-19(15-6-2-1-3-7-15)20(26,16-8-4-10-22-12-16)17-9-5-11-23-13-17/h1-13,19,24,26H,14H2,(H2,21,25). The van der Waals surface area contributed by atoms with Crippen molar-refractivity contribution >= 4 is 5.91 Å². The first-order chi connectivity index (χ1) is 12.6. The van der Waals surface area contributed by atoms with Gasteiger partial charge in [0.2, 0.25) is 5.91 Å². The van der Waals surface area contributed by atoms with Gasteiger partial charge >= 0.3 is 0 Å². The smallest absolute Gasteiger partial charge is 0.231 e. The predicted octanol–water partition coefficient (Wildman–Crippen LogP) is 1.53. The van der Waals surface area contributed by atoms with Crippen LogP contribution in [0.3, 0.4) is 0 Å². The Balaban J connectivity index is 2.17. The van der Waals surface area contributed by atoms with Crippen LogP contribution in [0.15, 0.2) is 79.4 Å². The van der Waals surface area contributed by atoms with Gasteiger partial charge in [-0.15, -0.1) is 0 Å². The second kappa shape index (κ2) is 7.86. The van der Waals surface area contributed by atoms with Gasteiger partial charge in [0, 0.05) is 35.9 Å². The number of nitrogens with zero attached hydrogens (tertiary/aromatic N) is 2. The van der Waals surface area contributed by atoms with Crippen LogP contribution < -0.4 is 11.1 Å². The lowest BCUT2D eigenvalue weighted by Crippen LogP contribution is -2.45. The van der Waals surface area contributed by atoms with E-state index in [9.17, 15) is 9.90 Å². The lowest BCUT2D eigenvalue weighted by Gasteiger charge is -2.37. The summed E-state index contributed by atoms with van der Waals surface area (Å²) in [4.78, 5) is 19.7. The molecule has 1 aromatic carbocycles. The van der Waals surface area contributed by atoms with Gasteiger partial charge in [-0.3, -0.25) is 20.1 Å². The maximum absolute atomic E-state index is 11.9. The van der Waals surface area contributed by atoms with Crippen LogP contribution in [-0.2, 0) is 10.4 Å². The molecular formula is C20H20N4O2. The molecule has 2 heterocycles. The first kappa shape index (κ1) is 17.7. The number of nitrogens with two attached hydrogens (primary N) is 1. The van der Waals surface area contributed by atoms with Crippen LogP contribution >= 0.6 is 0 Å². The van der Waals surface area contributed by atoms with Crippen LogP contribution in [0.25, 0.3) is 0 Å². The van der Waals surface area contributed by atoms with Gasteiger partial charge in [-0.1, -0.05) is 42.5 Å². The minimum absolute atomic E-state index is 0.0810. The highest BCUT2D eigenvalue weighted by Crippen LogP contribution is 2.40. The molecule has 1 amide bonds. The van der Waals surface area contributed by atoms with Crippen molar-refractivity contribution in [3.8, 4) is 0 Å². The van der Waals surface area contributed by atoms with E-state index in [1.807, 2.05) is 30.3 Å². The number of aliphatic hydroxyl groups is 1. The van der Waals surface area contributed by atoms with Crippen molar-refractivity contribution < 1.29 is 9.90 Å². The second-order valence-electron chi connectivity index (χ2n) is 5.94. The molecule has 0 fully saturated rings. The van der Waals surface area contributed by atoms with E-state index in [0.29, 0.717) is 11.1 Å². The highest BCUT2D eigenvalue weighted by Gasteiger charge is 2.41. The fourth-order valence-electron chi connectivity index (χ4n) is 3.03. The number of rotatable bonds is 7. The minimum Gasteiger partial charge on any atom is -0.378 e. The molecule has 3 aromatic rings. The Morgan fingerprint density at radius 2 is 1.58 bits per heavy atom. The average Bonchev–Trinajstić information content (AvgIpc) is 2.70. The van der Waals surface area contributed by atoms with Gasteiger partial charge in [0.05, 0.1) is 12.6 Å². The number of amides is 1. The van der Waals surface area contributed by atoms with Crippen LogP contribution in [-0.4, -0.2) is 27.5 Å². The molecule has 1 unspecified atom stereocenters. The van der Waals surface area contributed by atoms with Crippen LogP contribution in [0.5, 0.6) is 0 Å². The van der Waals surface area contributed by atoms with E-state index < -0.39 is 17.6 Å². The van der Waals surface area contributed by atoms with Crippen LogP contribution in [0.4, 0.5) is 0 Å². The highest BCUT2D eigenvalue weighted by atomic mass is 16.3. The van der Waals surface area contributed by atoms with Crippen molar-refractivity contribution in [3.05, 3.63) is 96.1 Å². The lowest BCUT2D eigenvalue weighted by molar-refractivity contribution is -0.117.